The Morgan fingerprint density at radius 1 is 1.29 bits per heavy atom. The molecule has 0 aliphatic carbocycles. The number of nitrogens with zero attached hydrogens (tertiary/aromatic N) is 1. The van der Waals surface area contributed by atoms with Crippen LogP contribution in [0.4, 0.5) is 0 Å². The average molecular weight is 243 g/mol. The first kappa shape index (κ1) is 10.2. The number of hydrogen-bond acceptors (Lipinski definition) is 4. The van der Waals surface area contributed by atoms with E-state index in [1.165, 1.54) is 11.3 Å². The van der Waals surface area contributed by atoms with Crippen LogP contribution >= 0.6 is 11.3 Å². The standard InChI is InChI=1S/C13H9NO2S/c1-8-11(15)9-4-2-6-14-13(9)17-12(8)10-5-3-7-16-10/h2-7H,1H3. The fourth-order valence-electron chi connectivity index (χ4n) is 1.77. The lowest BCUT2D eigenvalue weighted by molar-refractivity contribution is 0.583. The second kappa shape index (κ2) is 3.82. The summed E-state index contributed by atoms with van der Waals surface area (Å²) >= 11 is 1.48. The van der Waals surface area contributed by atoms with Crippen LogP contribution in [-0.2, 0) is 0 Å². The molecule has 0 saturated carbocycles. The second-order valence-corrected chi connectivity index (χ2v) is 4.72. The Kier molecular flexibility index (Phi) is 2.30. The summed E-state index contributed by atoms with van der Waals surface area (Å²) in [4.78, 5) is 18.0. The normalized spacial score (nSPS) is 10.9. The molecule has 0 amide bonds. The predicted molar refractivity (Wildman–Crippen MR) is 68.3 cm³/mol. The number of hydrogen-bond donors (Lipinski definition) is 0. The van der Waals surface area contributed by atoms with Gasteiger partial charge in [-0.05, 0) is 31.2 Å². The highest BCUT2D eigenvalue weighted by Crippen LogP contribution is 2.29. The molecule has 3 rings (SSSR count). The maximum Gasteiger partial charge on any atom is 0.193 e. The minimum absolute atomic E-state index is 0.0262. The van der Waals surface area contributed by atoms with Crippen molar-refractivity contribution in [2.24, 2.45) is 0 Å². The second-order valence-electron chi connectivity index (χ2n) is 3.72. The van der Waals surface area contributed by atoms with Crippen LogP contribution < -0.4 is 5.43 Å². The van der Waals surface area contributed by atoms with E-state index >= 15 is 0 Å². The van der Waals surface area contributed by atoms with Gasteiger partial charge in [0.05, 0.1) is 16.5 Å². The fraction of sp³-hybridized carbons (Fsp3) is 0.0769. The van der Waals surface area contributed by atoms with E-state index in [1.54, 1.807) is 24.6 Å². The van der Waals surface area contributed by atoms with Gasteiger partial charge in [0.2, 0.25) is 0 Å². The third kappa shape index (κ3) is 1.57. The van der Waals surface area contributed by atoms with Gasteiger partial charge in [0.25, 0.3) is 0 Å². The summed E-state index contributed by atoms with van der Waals surface area (Å²) in [5.74, 6) is 0.720. The predicted octanol–water partition coefficient (Wildman–Crippen LogP) is 3.22. The van der Waals surface area contributed by atoms with Crippen LogP contribution in [0, 0.1) is 6.92 Å². The van der Waals surface area contributed by atoms with Gasteiger partial charge in [-0.15, -0.1) is 11.3 Å². The molecule has 3 nitrogen and oxygen atoms in total. The van der Waals surface area contributed by atoms with E-state index in [-0.39, 0.29) is 5.43 Å². The quantitative estimate of drug-likeness (QED) is 0.659. The van der Waals surface area contributed by atoms with Crippen LogP contribution in [0.2, 0.25) is 0 Å². The van der Waals surface area contributed by atoms with Crippen molar-refractivity contribution in [2.75, 3.05) is 0 Å². The van der Waals surface area contributed by atoms with Gasteiger partial charge in [-0.1, -0.05) is 0 Å². The van der Waals surface area contributed by atoms with Crippen molar-refractivity contribution < 1.29 is 4.42 Å². The van der Waals surface area contributed by atoms with Crippen LogP contribution in [0.3, 0.4) is 0 Å². The van der Waals surface area contributed by atoms with E-state index < -0.39 is 0 Å². The highest BCUT2D eigenvalue weighted by Gasteiger charge is 2.12. The lowest BCUT2D eigenvalue weighted by Crippen LogP contribution is -2.06. The molecular weight excluding hydrogens is 234 g/mol. The molecule has 0 unspecified atom stereocenters. The monoisotopic (exact) mass is 243 g/mol. The minimum Gasteiger partial charge on any atom is -0.464 e. The van der Waals surface area contributed by atoms with Crippen molar-refractivity contribution in [2.45, 2.75) is 6.92 Å². The number of furan rings is 1. The maximum absolute atomic E-state index is 12.2. The fourth-order valence-corrected chi connectivity index (χ4v) is 2.81. The Morgan fingerprint density at radius 2 is 2.18 bits per heavy atom. The SMILES string of the molecule is Cc1c(-c2ccco2)sc2ncccc2c1=O. The molecule has 0 aromatic carbocycles. The molecule has 0 N–H and O–H groups in total. The first-order chi connectivity index (χ1) is 8.27. The van der Waals surface area contributed by atoms with Crippen LogP contribution in [0.15, 0.2) is 45.9 Å². The zero-order valence-corrected chi connectivity index (χ0v) is 9.95. The van der Waals surface area contributed by atoms with Crippen molar-refractivity contribution in [1.82, 2.24) is 4.98 Å². The molecule has 0 atom stereocenters. The molecule has 0 saturated heterocycles. The van der Waals surface area contributed by atoms with Gasteiger partial charge in [0.15, 0.2) is 5.43 Å². The van der Waals surface area contributed by atoms with E-state index in [4.69, 9.17) is 4.42 Å². The maximum atomic E-state index is 12.2. The van der Waals surface area contributed by atoms with Gasteiger partial charge >= 0.3 is 0 Å². The summed E-state index contributed by atoms with van der Waals surface area (Å²) in [7, 11) is 0. The summed E-state index contributed by atoms with van der Waals surface area (Å²) in [5, 5.41) is 0.672. The number of aromatic nitrogens is 1. The third-order valence-electron chi connectivity index (χ3n) is 2.64. The molecule has 0 fully saturated rings. The summed E-state index contributed by atoms with van der Waals surface area (Å²) in [6, 6.07) is 7.25. The Bertz CT molecular complexity index is 729. The molecule has 3 aromatic heterocycles. The lowest BCUT2D eigenvalue weighted by Gasteiger charge is -2.02. The average Bonchev–Trinajstić information content (AvgIpc) is 2.87. The van der Waals surface area contributed by atoms with Crippen molar-refractivity contribution >= 4 is 21.6 Å². The minimum atomic E-state index is 0.0262. The first-order valence-electron chi connectivity index (χ1n) is 5.19. The van der Waals surface area contributed by atoms with E-state index in [0.717, 1.165) is 15.5 Å². The van der Waals surface area contributed by atoms with Gasteiger partial charge in [0.1, 0.15) is 10.6 Å². The van der Waals surface area contributed by atoms with E-state index in [2.05, 4.69) is 4.98 Å². The van der Waals surface area contributed by atoms with Crippen molar-refractivity contribution in [1.29, 1.82) is 0 Å². The van der Waals surface area contributed by atoms with E-state index in [1.807, 2.05) is 19.1 Å². The molecule has 17 heavy (non-hydrogen) atoms. The van der Waals surface area contributed by atoms with E-state index in [9.17, 15) is 4.79 Å². The zero-order chi connectivity index (χ0) is 11.8. The summed E-state index contributed by atoms with van der Waals surface area (Å²) in [5.41, 5.74) is 0.740. The van der Waals surface area contributed by atoms with Gasteiger partial charge in [0, 0.05) is 11.8 Å². The molecular formula is C13H9NO2S. The van der Waals surface area contributed by atoms with Crippen LogP contribution in [0.1, 0.15) is 5.56 Å². The smallest absolute Gasteiger partial charge is 0.193 e. The van der Waals surface area contributed by atoms with Gasteiger partial charge < -0.3 is 4.42 Å². The van der Waals surface area contributed by atoms with Gasteiger partial charge in [-0.3, -0.25) is 4.79 Å². The summed E-state index contributed by atoms with van der Waals surface area (Å²) < 4.78 is 5.35. The Balaban J connectivity index is 2.42. The highest BCUT2D eigenvalue weighted by atomic mass is 32.1. The van der Waals surface area contributed by atoms with Crippen LogP contribution in [0.5, 0.6) is 0 Å². The van der Waals surface area contributed by atoms with Crippen molar-refractivity contribution in [3.8, 4) is 10.6 Å². The van der Waals surface area contributed by atoms with Crippen molar-refractivity contribution in [3.63, 3.8) is 0 Å². The molecule has 0 spiro atoms. The summed E-state index contributed by atoms with van der Waals surface area (Å²) in [6.07, 6.45) is 3.30. The summed E-state index contributed by atoms with van der Waals surface area (Å²) in [6.45, 7) is 1.82. The van der Waals surface area contributed by atoms with Gasteiger partial charge in [-0.25, -0.2) is 4.98 Å². The molecule has 84 valence electrons. The number of fused-ring (bicyclic) bond motifs is 1. The van der Waals surface area contributed by atoms with E-state index in [0.29, 0.717) is 10.9 Å². The lowest BCUT2D eigenvalue weighted by atomic mass is 10.2. The molecule has 3 aromatic rings. The Morgan fingerprint density at radius 3 is 2.94 bits per heavy atom. The van der Waals surface area contributed by atoms with Gasteiger partial charge in [-0.2, -0.15) is 0 Å². The third-order valence-corrected chi connectivity index (χ3v) is 3.87. The molecule has 3 heterocycles. The molecule has 0 radical (unpaired) electrons. The highest BCUT2D eigenvalue weighted by molar-refractivity contribution is 7.21. The Hall–Kier alpha value is -1.94. The number of pyridine rings is 1. The number of rotatable bonds is 1. The van der Waals surface area contributed by atoms with Crippen molar-refractivity contribution in [3.05, 3.63) is 52.5 Å². The Labute approximate surface area is 101 Å². The topological polar surface area (TPSA) is 43.1 Å². The molecule has 0 aliphatic rings. The largest absolute Gasteiger partial charge is 0.464 e. The first-order valence-corrected chi connectivity index (χ1v) is 6.01. The molecule has 4 heteroatoms. The van der Waals surface area contributed by atoms with Crippen LogP contribution in [0.25, 0.3) is 20.9 Å². The van der Waals surface area contributed by atoms with Crippen LogP contribution in [-0.4, -0.2) is 4.98 Å². The zero-order valence-electron chi connectivity index (χ0n) is 9.14. The molecule has 0 aliphatic heterocycles. The molecule has 0 bridgehead atoms.